The van der Waals surface area contributed by atoms with E-state index in [4.69, 9.17) is 4.74 Å². The van der Waals surface area contributed by atoms with Gasteiger partial charge in [0.25, 0.3) is 0 Å². The maximum atomic E-state index is 12.7. The Hall–Kier alpha value is -0.170. The standard InChI is InChI=1S/C15H30N2O3S/c1-20-12-5-13-21(18,19)17-11-4-2-3-6-15(17)14-7-9-16-10-8-14/h14-16H,2-13H2,1H3. The van der Waals surface area contributed by atoms with E-state index in [1.54, 1.807) is 7.11 Å². The molecule has 2 heterocycles. The van der Waals surface area contributed by atoms with Crippen LogP contribution in [0, 0.1) is 5.92 Å². The fraction of sp³-hybridized carbons (Fsp3) is 1.00. The van der Waals surface area contributed by atoms with Crippen LogP contribution in [0.2, 0.25) is 0 Å². The summed E-state index contributed by atoms with van der Waals surface area (Å²) in [7, 11) is -1.52. The first-order chi connectivity index (χ1) is 10.1. The van der Waals surface area contributed by atoms with Gasteiger partial charge in [-0.15, -0.1) is 0 Å². The highest BCUT2D eigenvalue weighted by Gasteiger charge is 2.35. The number of hydrogen-bond donors (Lipinski definition) is 1. The van der Waals surface area contributed by atoms with Crippen molar-refractivity contribution < 1.29 is 13.2 Å². The van der Waals surface area contributed by atoms with E-state index in [1.165, 1.54) is 6.42 Å². The molecule has 0 aliphatic carbocycles. The van der Waals surface area contributed by atoms with Crippen LogP contribution < -0.4 is 5.32 Å². The van der Waals surface area contributed by atoms with Gasteiger partial charge in [-0.3, -0.25) is 0 Å². The van der Waals surface area contributed by atoms with E-state index >= 15 is 0 Å². The topological polar surface area (TPSA) is 58.6 Å². The van der Waals surface area contributed by atoms with E-state index in [1.807, 2.05) is 4.31 Å². The van der Waals surface area contributed by atoms with Crippen molar-refractivity contribution in [2.24, 2.45) is 5.92 Å². The van der Waals surface area contributed by atoms with Gasteiger partial charge in [0, 0.05) is 26.3 Å². The lowest BCUT2D eigenvalue weighted by molar-refractivity contribution is 0.191. The first-order valence-electron chi connectivity index (χ1n) is 8.34. The van der Waals surface area contributed by atoms with Crippen LogP contribution in [0.15, 0.2) is 0 Å². The second kappa shape index (κ2) is 8.46. The van der Waals surface area contributed by atoms with Gasteiger partial charge >= 0.3 is 0 Å². The second-order valence-corrected chi connectivity index (χ2v) is 8.32. The first kappa shape index (κ1) is 17.2. The highest BCUT2D eigenvalue weighted by Crippen LogP contribution is 2.30. The lowest BCUT2D eigenvalue weighted by Crippen LogP contribution is -2.47. The van der Waals surface area contributed by atoms with Crippen molar-refractivity contribution in [1.82, 2.24) is 9.62 Å². The molecule has 1 N–H and O–H groups in total. The molecule has 2 fully saturated rings. The van der Waals surface area contributed by atoms with Gasteiger partial charge < -0.3 is 10.1 Å². The van der Waals surface area contributed by atoms with E-state index in [-0.39, 0.29) is 11.8 Å². The smallest absolute Gasteiger partial charge is 0.214 e. The molecule has 0 aromatic carbocycles. The average Bonchev–Trinajstić information content (AvgIpc) is 2.74. The molecular weight excluding hydrogens is 288 g/mol. The summed E-state index contributed by atoms with van der Waals surface area (Å²) in [6, 6.07) is 0.224. The summed E-state index contributed by atoms with van der Waals surface area (Å²) in [6.45, 7) is 3.28. The third kappa shape index (κ3) is 4.91. The van der Waals surface area contributed by atoms with Crippen LogP contribution in [0.5, 0.6) is 0 Å². The first-order valence-corrected chi connectivity index (χ1v) is 9.95. The Bertz CT molecular complexity index is 394. The molecule has 2 aliphatic heterocycles. The summed E-state index contributed by atoms with van der Waals surface area (Å²) < 4.78 is 32.3. The van der Waals surface area contributed by atoms with Crippen LogP contribution in [0.25, 0.3) is 0 Å². The fourth-order valence-electron chi connectivity index (χ4n) is 3.66. The molecule has 2 aliphatic rings. The number of nitrogens with one attached hydrogen (secondary N) is 1. The van der Waals surface area contributed by atoms with Gasteiger partial charge in [0.2, 0.25) is 10.0 Å². The van der Waals surface area contributed by atoms with Gasteiger partial charge in [0.15, 0.2) is 0 Å². The van der Waals surface area contributed by atoms with E-state index in [0.717, 1.165) is 45.2 Å². The van der Waals surface area contributed by atoms with E-state index in [0.29, 0.717) is 25.5 Å². The Morgan fingerprint density at radius 2 is 1.90 bits per heavy atom. The van der Waals surface area contributed by atoms with Crippen molar-refractivity contribution in [3.05, 3.63) is 0 Å². The predicted octanol–water partition coefficient (Wildman–Crippen LogP) is 1.60. The van der Waals surface area contributed by atoms with E-state index < -0.39 is 10.0 Å². The van der Waals surface area contributed by atoms with Crippen molar-refractivity contribution in [1.29, 1.82) is 0 Å². The summed E-state index contributed by atoms with van der Waals surface area (Å²) in [5.41, 5.74) is 0. The summed E-state index contributed by atoms with van der Waals surface area (Å²) in [4.78, 5) is 0. The minimum Gasteiger partial charge on any atom is -0.385 e. The maximum absolute atomic E-state index is 12.7. The summed E-state index contributed by atoms with van der Waals surface area (Å²) in [5, 5.41) is 3.38. The number of piperidine rings is 1. The number of sulfonamides is 1. The third-order valence-electron chi connectivity index (χ3n) is 4.78. The molecule has 0 bridgehead atoms. The molecule has 1 unspecified atom stereocenters. The van der Waals surface area contributed by atoms with Crippen LogP contribution in [0.3, 0.4) is 0 Å². The summed E-state index contributed by atoms with van der Waals surface area (Å²) >= 11 is 0. The normalized spacial score (nSPS) is 26.6. The van der Waals surface area contributed by atoms with Crippen molar-refractivity contribution >= 4 is 10.0 Å². The third-order valence-corrected chi connectivity index (χ3v) is 6.76. The van der Waals surface area contributed by atoms with Gasteiger partial charge in [0.1, 0.15) is 0 Å². The molecule has 0 spiro atoms. The summed E-state index contributed by atoms with van der Waals surface area (Å²) in [5.74, 6) is 0.754. The molecule has 0 amide bonds. The van der Waals surface area contributed by atoms with Crippen molar-refractivity contribution in [2.45, 2.75) is 51.0 Å². The highest BCUT2D eigenvalue weighted by atomic mass is 32.2. The number of nitrogens with zero attached hydrogens (tertiary/aromatic N) is 1. The fourth-order valence-corrected chi connectivity index (χ4v) is 5.47. The molecule has 0 saturated carbocycles. The summed E-state index contributed by atoms with van der Waals surface area (Å²) in [6.07, 6.45) is 7.17. The molecule has 6 heteroatoms. The van der Waals surface area contributed by atoms with Crippen LogP contribution in [-0.2, 0) is 14.8 Å². The molecule has 2 rings (SSSR count). The molecule has 0 aromatic rings. The molecule has 124 valence electrons. The largest absolute Gasteiger partial charge is 0.385 e. The zero-order chi connectivity index (χ0) is 15.1. The van der Waals surface area contributed by atoms with Crippen LogP contribution in [0.4, 0.5) is 0 Å². The van der Waals surface area contributed by atoms with Crippen LogP contribution in [-0.4, -0.2) is 57.9 Å². The lowest BCUT2D eigenvalue weighted by Gasteiger charge is -2.37. The lowest BCUT2D eigenvalue weighted by atomic mass is 9.88. The number of rotatable bonds is 6. The average molecular weight is 318 g/mol. The quantitative estimate of drug-likeness (QED) is 0.756. The van der Waals surface area contributed by atoms with Crippen LogP contribution >= 0.6 is 0 Å². The molecule has 2 saturated heterocycles. The molecule has 1 atom stereocenters. The minimum atomic E-state index is -3.14. The Labute approximate surface area is 129 Å². The minimum absolute atomic E-state index is 0.224. The van der Waals surface area contributed by atoms with Crippen molar-refractivity contribution in [2.75, 3.05) is 39.1 Å². The zero-order valence-electron chi connectivity index (χ0n) is 13.2. The van der Waals surface area contributed by atoms with Gasteiger partial charge in [-0.25, -0.2) is 8.42 Å². The monoisotopic (exact) mass is 318 g/mol. The van der Waals surface area contributed by atoms with Gasteiger partial charge in [0.05, 0.1) is 5.75 Å². The maximum Gasteiger partial charge on any atom is 0.214 e. The number of hydrogen-bond acceptors (Lipinski definition) is 4. The van der Waals surface area contributed by atoms with E-state index in [9.17, 15) is 8.42 Å². The van der Waals surface area contributed by atoms with Gasteiger partial charge in [-0.2, -0.15) is 4.31 Å². The molecule has 5 nitrogen and oxygen atoms in total. The Balaban J connectivity index is 2.07. The van der Waals surface area contributed by atoms with Gasteiger partial charge in [-0.05, 0) is 51.1 Å². The Morgan fingerprint density at radius 3 is 2.62 bits per heavy atom. The predicted molar refractivity (Wildman–Crippen MR) is 84.8 cm³/mol. The zero-order valence-corrected chi connectivity index (χ0v) is 14.0. The SMILES string of the molecule is COCCCS(=O)(=O)N1CCCCCC1C1CCNCC1. The molecule has 0 radical (unpaired) electrons. The molecular formula is C15H30N2O3S. The van der Waals surface area contributed by atoms with Gasteiger partial charge in [-0.1, -0.05) is 12.8 Å². The Kier molecular flexibility index (Phi) is 6.92. The second-order valence-electron chi connectivity index (χ2n) is 6.28. The van der Waals surface area contributed by atoms with Crippen LogP contribution in [0.1, 0.15) is 44.9 Å². The molecule has 21 heavy (non-hydrogen) atoms. The molecule has 0 aromatic heterocycles. The number of ether oxygens (including phenoxy) is 1. The van der Waals surface area contributed by atoms with E-state index in [2.05, 4.69) is 5.32 Å². The van der Waals surface area contributed by atoms with Crippen molar-refractivity contribution in [3.8, 4) is 0 Å². The Morgan fingerprint density at radius 1 is 1.14 bits per heavy atom. The van der Waals surface area contributed by atoms with Crippen molar-refractivity contribution in [3.63, 3.8) is 0 Å². The highest BCUT2D eigenvalue weighted by molar-refractivity contribution is 7.89. The number of methoxy groups -OCH3 is 1.